The zero-order valence-corrected chi connectivity index (χ0v) is 19.6. The maximum atomic E-state index is 12.5. The van der Waals surface area contributed by atoms with Crippen LogP contribution in [0.3, 0.4) is 0 Å². The number of phenolic OH excluding ortho intramolecular Hbond substituents is 1. The van der Waals surface area contributed by atoms with E-state index in [9.17, 15) is 14.7 Å². The second-order valence-corrected chi connectivity index (χ2v) is 9.94. The molecule has 0 aliphatic carbocycles. The third-order valence-electron chi connectivity index (χ3n) is 5.28. The number of nitrogens with zero attached hydrogens (tertiary/aromatic N) is 2. The van der Waals surface area contributed by atoms with Crippen LogP contribution in [0.1, 0.15) is 68.6 Å². The molecule has 0 unspecified atom stereocenters. The highest BCUT2D eigenvalue weighted by molar-refractivity contribution is 5.89. The van der Waals surface area contributed by atoms with Gasteiger partial charge in [-0.3, -0.25) is 0 Å². The lowest BCUT2D eigenvalue weighted by Gasteiger charge is -2.28. The molecule has 1 N–H and O–H groups in total. The lowest BCUT2D eigenvalue weighted by molar-refractivity contribution is 0.0600. The van der Waals surface area contributed by atoms with Crippen LogP contribution in [0.5, 0.6) is 5.75 Å². The average molecular weight is 439 g/mol. The van der Waals surface area contributed by atoms with Gasteiger partial charge in [-0.1, -0.05) is 41.5 Å². The van der Waals surface area contributed by atoms with E-state index < -0.39 is 11.7 Å². The Hall–Kier alpha value is -3.35. The third-order valence-corrected chi connectivity index (χ3v) is 5.28. The summed E-state index contributed by atoms with van der Waals surface area (Å²) in [5.41, 5.74) is 2.89. The summed E-state index contributed by atoms with van der Waals surface area (Å²) < 4.78 is 11.3. The molecular formula is C25H30N2O5. The van der Waals surface area contributed by atoms with Gasteiger partial charge in [0, 0.05) is 5.56 Å². The highest BCUT2D eigenvalue weighted by atomic mass is 16.5. The van der Waals surface area contributed by atoms with Gasteiger partial charge in [0.2, 0.25) is 5.89 Å². The lowest BCUT2D eigenvalue weighted by Crippen LogP contribution is -2.20. The van der Waals surface area contributed by atoms with Crippen molar-refractivity contribution in [3.05, 3.63) is 69.2 Å². The number of hydrogen-bond acceptors (Lipinski definition) is 6. The molecule has 0 saturated heterocycles. The fraction of sp³-hybridized carbons (Fsp3) is 0.400. The normalized spacial score (nSPS) is 12.1. The van der Waals surface area contributed by atoms with E-state index in [1.807, 2.05) is 53.7 Å². The predicted molar refractivity (Wildman–Crippen MR) is 122 cm³/mol. The zero-order chi connectivity index (χ0) is 23.8. The SMILES string of the molecule is COC(=O)c1ccc(-c2nn(Cc3cc(C(C)(C)C)c(O)c(C(C)(C)C)c3)c(=O)o2)cc1. The summed E-state index contributed by atoms with van der Waals surface area (Å²) in [6, 6.07) is 10.3. The minimum Gasteiger partial charge on any atom is -0.507 e. The molecule has 0 saturated carbocycles. The van der Waals surface area contributed by atoms with Crippen LogP contribution in [0.2, 0.25) is 0 Å². The van der Waals surface area contributed by atoms with Gasteiger partial charge in [0.05, 0.1) is 19.2 Å². The van der Waals surface area contributed by atoms with E-state index in [1.54, 1.807) is 24.3 Å². The van der Waals surface area contributed by atoms with Crippen molar-refractivity contribution in [2.45, 2.75) is 58.9 Å². The highest BCUT2D eigenvalue weighted by Crippen LogP contribution is 2.39. The monoisotopic (exact) mass is 438 g/mol. The van der Waals surface area contributed by atoms with Gasteiger partial charge in [-0.05, 0) is 63.9 Å². The third kappa shape index (κ3) is 4.77. The maximum absolute atomic E-state index is 12.5. The first-order valence-corrected chi connectivity index (χ1v) is 10.4. The number of carbonyl (C=O) groups excluding carboxylic acids is 1. The molecule has 0 radical (unpaired) electrons. The number of phenols is 1. The van der Waals surface area contributed by atoms with Crippen molar-refractivity contribution in [3.63, 3.8) is 0 Å². The molecule has 170 valence electrons. The number of rotatable bonds is 4. The molecule has 0 amide bonds. The first-order chi connectivity index (χ1) is 14.8. The summed E-state index contributed by atoms with van der Waals surface area (Å²) in [6.07, 6.45) is 0. The van der Waals surface area contributed by atoms with E-state index >= 15 is 0 Å². The summed E-state index contributed by atoms with van der Waals surface area (Å²) >= 11 is 0. The van der Waals surface area contributed by atoms with E-state index in [1.165, 1.54) is 11.8 Å². The lowest BCUT2D eigenvalue weighted by atomic mass is 9.78. The number of hydrogen-bond donors (Lipinski definition) is 1. The summed E-state index contributed by atoms with van der Waals surface area (Å²) in [4.78, 5) is 24.1. The predicted octanol–water partition coefficient (Wildman–Crippen LogP) is 4.64. The molecule has 32 heavy (non-hydrogen) atoms. The molecular weight excluding hydrogens is 408 g/mol. The molecule has 1 aromatic heterocycles. The number of carbonyl (C=O) groups is 1. The van der Waals surface area contributed by atoms with E-state index in [-0.39, 0.29) is 29.0 Å². The quantitative estimate of drug-likeness (QED) is 0.597. The maximum Gasteiger partial charge on any atom is 0.437 e. The molecule has 2 aromatic carbocycles. The molecule has 1 heterocycles. The number of ether oxygens (including phenoxy) is 1. The largest absolute Gasteiger partial charge is 0.507 e. The van der Waals surface area contributed by atoms with Crippen molar-refractivity contribution >= 4 is 5.97 Å². The Labute approximate surface area is 187 Å². The van der Waals surface area contributed by atoms with Crippen molar-refractivity contribution < 1.29 is 19.1 Å². The van der Waals surface area contributed by atoms with Crippen LogP contribution in [-0.2, 0) is 22.1 Å². The minimum absolute atomic E-state index is 0.164. The Kier molecular flexibility index (Phi) is 6.05. The van der Waals surface area contributed by atoms with Crippen molar-refractivity contribution in [1.29, 1.82) is 0 Å². The van der Waals surface area contributed by atoms with Crippen molar-refractivity contribution in [2.24, 2.45) is 0 Å². The number of aromatic nitrogens is 2. The summed E-state index contributed by atoms with van der Waals surface area (Å²) in [5, 5.41) is 15.2. The number of benzene rings is 2. The number of esters is 1. The van der Waals surface area contributed by atoms with E-state index in [4.69, 9.17) is 9.15 Å². The summed E-state index contributed by atoms with van der Waals surface area (Å²) in [6.45, 7) is 12.4. The van der Waals surface area contributed by atoms with Crippen LogP contribution in [-0.4, -0.2) is 28.0 Å². The van der Waals surface area contributed by atoms with Crippen LogP contribution in [0.25, 0.3) is 11.5 Å². The van der Waals surface area contributed by atoms with Crippen molar-refractivity contribution in [1.82, 2.24) is 9.78 Å². The second-order valence-electron chi connectivity index (χ2n) is 9.94. The van der Waals surface area contributed by atoms with Crippen LogP contribution < -0.4 is 5.76 Å². The summed E-state index contributed by atoms with van der Waals surface area (Å²) in [7, 11) is 1.32. The van der Waals surface area contributed by atoms with E-state index in [0.29, 0.717) is 11.1 Å². The molecule has 0 atom stereocenters. The second kappa shape index (κ2) is 8.30. The Morgan fingerprint density at radius 1 is 1.03 bits per heavy atom. The Morgan fingerprint density at radius 2 is 1.56 bits per heavy atom. The van der Waals surface area contributed by atoms with Gasteiger partial charge in [-0.25, -0.2) is 9.59 Å². The molecule has 0 bridgehead atoms. The van der Waals surface area contributed by atoms with Gasteiger partial charge in [0.1, 0.15) is 5.75 Å². The van der Waals surface area contributed by atoms with Crippen LogP contribution >= 0.6 is 0 Å². The Balaban J connectivity index is 1.99. The number of methoxy groups -OCH3 is 1. The molecule has 7 nitrogen and oxygen atoms in total. The molecule has 0 aliphatic rings. The van der Waals surface area contributed by atoms with Crippen LogP contribution in [0.15, 0.2) is 45.6 Å². The van der Waals surface area contributed by atoms with E-state index in [0.717, 1.165) is 16.7 Å². The number of aromatic hydroxyl groups is 1. The Bertz CT molecular complexity index is 1150. The standard InChI is InChI=1S/C25H30N2O5/c1-24(2,3)18-12-15(13-19(20(18)28)25(4,5)6)14-27-23(30)32-21(26-27)16-8-10-17(11-9-16)22(29)31-7/h8-13,28H,14H2,1-7H3. The molecule has 3 aromatic rings. The van der Waals surface area contributed by atoms with Gasteiger partial charge in [0.25, 0.3) is 0 Å². The first kappa shape index (κ1) is 23.3. The van der Waals surface area contributed by atoms with Crippen LogP contribution in [0.4, 0.5) is 0 Å². The minimum atomic E-state index is -0.584. The highest BCUT2D eigenvalue weighted by Gasteiger charge is 2.27. The Morgan fingerprint density at radius 3 is 2.03 bits per heavy atom. The van der Waals surface area contributed by atoms with Crippen LogP contribution in [0, 0.1) is 0 Å². The van der Waals surface area contributed by atoms with Gasteiger partial charge < -0.3 is 14.3 Å². The molecule has 7 heteroatoms. The fourth-order valence-corrected chi connectivity index (χ4v) is 3.49. The topological polar surface area (TPSA) is 94.6 Å². The van der Waals surface area contributed by atoms with Gasteiger partial charge in [-0.2, -0.15) is 4.68 Å². The molecule has 0 fully saturated rings. The molecule has 3 rings (SSSR count). The van der Waals surface area contributed by atoms with E-state index in [2.05, 4.69) is 5.10 Å². The smallest absolute Gasteiger partial charge is 0.437 e. The van der Waals surface area contributed by atoms with Crippen molar-refractivity contribution in [3.8, 4) is 17.2 Å². The average Bonchev–Trinajstić information content (AvgIpc) is 3.07. The summed E-state index contributed by atoms with van der Waals surface area (Å²) in [5.74, 6) is -0.579. The van der Waals surface area contributed by atoms with Gasteiger partial charge in [-0.15, -0.1) is 5.10 Å². The zero-order valence-electron chi connectivity index (χ0n) is 19.6. The fourth-order valence-electron chi connectivity index (χ4n) is 3.49. The van der Waals surface area contributed by atoms with Crippen molar-refractivity contribution in [2.75, 3.05) is 7.11 Å². The molecule has 0 aliphatic heterocycles. The molecule has 0 spiro atoms. The van der Waals surface area contributed by atoms with Gasteiger partial charge >= 0.3 is 11.7 Å². The first-order valence-electron chi connectivity index (χ1n) is 10.4. The van der Waals surface area contributed by atoms with Gasteiger partial charge in [0.15, 0.2) is 0 Å².